The summed E-state index contributed by atoms with van der Waals surface area (Å²) in [5.74, 6) is -2.19. The molecule has 0 radical (unpaired) electrons. The number of carbonyl (C=O) groups is 3. The lowest BCUT2D eigenvalue weighted by Gasteiger charge is -2.25. The lowest BCUT2D eigenvalue weighted by atomic mass is 10.1. The van der Waals surface area contributed by atoms with E-state index in [4.69, 9.17) is 18.9 Å². The predicted octanol–water partition coefficient (Wildman–Crippen LogP) is 3.05. The van der Waals surface area contributed by atoms with Crippen LogP contribution in [-0.4, -0.2) is 52.4 Å². The molecule has 42 heavy (non-hydrogen) atoms. The van der Waals surface area contributed by atoms with Crippen LogP contribution in [0.2, 0.25) is 0 Å². The maximum absolute atomic E-state index is 13.2. The van der Waals surface area contributed by atoms with Crippen molar-refractivity contribution in [1.29, 1.82) is 0 Å². The molecule has 2 heterocycles. The first kappa shape index (κ1) is 28.2. The first-order valence-electron chi connectivity index (χ1n) is 13.0. The normalized spacial score (nSPS) is 19.5. The Morgan fingerprint density at radius 2 is 1.29 bits per heavy atom. The van der Waals surface area contributed by atoms with Gasteiger partial charge in [0.25, 0.3) is 5.56 Å². The van der Waals surface area contributed by atoms with Gasteiger partial charge in [-0.1, -0.05) is 54.6 Å². The fourth-order valence-electron chi connectivity index (χ4n) is 4.46. The van der Waals surface area contributed by atoms with Gasteiger partial charge in [0.2, 0.25) is 0 Å². The molecule has 1 aliphatic heterocycles. The average molecular weight is 573 g/mol. The molecule has 1 saturated heterocycles. The number of hydrogen-bond donors (Lipinski definition) is 1. The zero-order chi connectivity index (χ0) is 29.6. The van der Waals surface area contributed by atoms with E-state index in [1.165, 1.54) is 25.3 Å². The van der Waals surface area contributed by atoms with Gasteiger partial charge < -0.3 is 18.9 Å². The zero-order valence-corrected chi connectivity index (χ0v) is 22.4. The molecule has 214 valence electrons. The number of rotatable bonds is 8. The highest BCUT2D eigenvalue weighted by molar-refractivity contribution is 5.91. The van der Waals surface area contributed by atoms with E-state index in [1.54, 1.807) is 78.9 Å². The summed E-state index contributed by atoms with van der Waals surface area (Å²) < 4.78 is 24.3. The molecule has 3 aromatic carbocycles. The van der Waals surface area contributed by atoms with Crippen LogP contribution in [0, 0.1) is 6.92 Å². The first-order valence-corrected chi connectivity index (χ1v) is 13.0. The maximum Gasteiger partial charge on any atom is 0.338 e. The highest BCUT2D eigenvalue weighted by Gasteiger charge is 2.51. The van der Waals surface area contributed by atoms with Crippen LogP contribution in [0.15, 0.2) is 107 Å². The number of nitrogens with zero attached hydrogens (tertiary/aromatic N) is 1. The summed E-state index contributed by atoms with van der Waals surface area (Å²) in [7, 11) is 0. The third-order valence-electron chi connectivity index (χ3n) is 6.60. The monoisotopic (exact) mass is 572 g/mol. The lowest BCUT2D eigenvalue weighted by Crippen LogP contribution is -2.43. The molecular formula is C31H26N2O9. The Kier molecular flexibility index (Phi) is 8.39. The molecule has 1 N–H and O–H groups in total. The van der Waals surface area contributed by atoms with Crippen LogP contribution in [0.4, 0.5) is 0 Å². The first-order chi connectivity index (χ1) is 20.3. The van der Waals surface area contributed by atoms with Crippen molar-refractivity contribution in [2.24, 2.45) is 0 Å². The topological polar surface area (TPSA) is 143 Å². The number of carbonyl (C=O) groups excluding carboxylic acids is 3. The molecule has 0 aliphatic carbocycles. The van der Waals surface area contributed by atoms with Gasteiger partial charge in [-0.05, 0) is 43.3 Å². The summed E-state index contributed by atoms with van der Waals surface area (Å²) in [6, 6.07) is 24.4. The molecule has 0 bridgehead atoms. The molecule has 5 rings (SSSR count). The highest BCUT2D eigenvalue weighted by Crippen LogP contribution is 2.34. The molecule has 11 heteroatoms. The van der Waals surface area contributed by atoms with Crippen molar-refractivity contribution in [1.82, 2.24) is 9.55 Å². The van der Waals surface area contributed by atoms with Crippen molar-refractivity contribution in [3.8, 4) is 0 Å². The minimum absolute atomic E-state index is 0.183. The van der Waals surface area contributed by atoms with Crippen LogP contribution in [-0.2, 0) is 18.9 Å². The zero-order valence-electron chi connectivity index (χ0n) is 22.4. The van der Waals surface area contributed by atoms with Gasteiger partial charge in [0.05, 0.1) is 16.7 Å². The Morgan fingerprint density at radius 1 is 0.786 bits per heavy atom. The summed E-state index contributed by atoms with van der Waals surface area (Å²) in [5.41, 5.74) is -0.564. The SMILES string of the molecule is Cc1cn([14C@@H]2O[C@H](COC(=O)c3ccccc3)[C@@H](OC(=O)c3ccccc3)[C@H]2OC(=O)c2ccccc2)c(=O)[nH]c1=O. The Morgan fingerprint density at radius 3 is 1.83 bits per heavy atom. The molecule has 1 aliphatic rings. The number of nitrogens with one attached hydrogen (secondary N) is 1. The Labute approximate surface area is 239 Å². The third kappa shape index (κ3) is 6.21. The maximum atomic E-state index is 13.2. The molecular weight excluding hydrogens is 546 g/mol. The molecule has 0 saturated carbocycles. The molecule has 0 amide bonds. The number of H-pyrrole nitrogens is 1. The quantitative estimate of drug-likeness (QED) is 0.249. The van der Waals surface area contributed by atoms with E-state index in [0.717, 1.165) is 4.57 Å². The van der Waals surface area contributed by atoms with Gasteiger partial charge in [-0.25, -0.2) is 19.2 Å². The largest absolute Gasteiger partial charge is 0.459 e. The summed E-state index contributed by atoms with van der Waals surface area (Å²) >= 11 is 0. The van der Waals surface area contributed by atoms with Gasteiger partial charge in [0, 0.05) is 11.8 Å². The lowest BCUT2D eigenvalue weighted by molar-refractivity contribution is -0.0640. The van der Waals surface area contributed by atoms with Crippen molar-refractivity contribution >= 4 is 17.9 Å². The van der Waals surface area contributed by atoms with E-state index in [-0.39, 0.29) is 22.3 Å². The van der Waals surface area contributed by atoms with Crippen LogP contribution < -0.4 is 11.2 Å². The second-order valence-corrected chi connectivity index (χ2v) is 9.48. The number of ether oxygens (including phenoxy) is 4. The Bertz CT molecular complexity index is 1680. The van der Waals surface area contributed by atoms with Crippen molar-refractivity contribution in [2.45, 2.75) is 31.5 Å². The van der Waals surface area contributed by atoms with Crippen LogP contribution >= 0.6 is 0 Å². The van der Waals surface area contributed by atoms with Crippen molar-refractivity contribution in [2.75, 3.05) is 6.61 Å². The molecule has 4 atom stereocenters. The van der Waals surface area contributed by atoms with Crippen molar-refractivity contribution < 1.29 is 33.3 Å². The van der Waals surface area contributed by atoms with Gasteiger partial charge in [0.15, 0.2) is 18.4 Å². The van der Waals surface area contributed by atoms with Crippen LogP contribution in [0.25, 0.3) is 0 Å². The Balaban J connectivity index is 1.52. The van der Waals surface area contributed by atoms with E-state index in [2.05, 4.69) is 4.98 Å². The minimum atomic E-state index is -1.38. The van der Waals surface area contributed by atoms with E-state index < -0.39 is 60.3 Å². The van der Waals surface area contributed by atoms with Gasteiger partial charge in [-0.3, -0.25) is 14.3 Å². The molecule has 0 unspecified atom stereocenters. The van der Waals surface area contributed by atoms with E-state index in [1.807, 2.05) is 0 Å². The number of aromatic nitrogens is 2. The predicted molar refractivity (Wildman–Crippen MR) is 148 cm³/mol. The van der Waals surface area contributed by atoms with E-state index >= 15 is 0 Å². The van der Waals surface area contributed by atoms with Crippen LogP contribution in [0.5, 0.6) is 0 Å². The minimum Gasteiger partial charge on any atom is -0.459 e. The number of esters is 3. The third-order valence-corrected chi connectivity index (χ3v) is 6.60. The Hall–Kier alpha value is -5.29. The van der Waals surface area contributed by atoms with Crippen LogP contribution in [0.1, 0.15) is 42.9 Å². The summed E-state index contributed by atoms with van der Waals surface area (Å²) in [4.78, 5) is 66.2. The summed E-state index contributed by atoms with van der Waals surface area (Å²) in [5, 5.41) is 0. The van der Waals surface area contributed by atoms with Gasteiger partial charge >= 0.3 is 23.6 Å². The molecule has 1 fully saturated rings. The van der Waals surface area contributed by atoms with Crippen molar-refractivity contribution in [3.63, 3.8) is 0 Å². The van der Waals surface area contributed by atoms with Gasteiger partial charge in [0.1, 0.15) is 12.7 Å². The van der Waals surface area contributed by atoms with E-state index in [9.17, 15) is 24.0 Å². The highest BCUT2D eigenvalue weighted by atomic mass is 16.8. The second kappa shape index (κ2) is 12.5. The summed E-state index contributed by atoms with van der Waals surface area (Å²) in [6.07, 6.45) is -3.96. The van der Waals surface area contributed by atoms with E-state index in [0.29, 0.717) is 0 Å². The fourth-order valence-corrected chi connectivity index (χ4v) is 4.46. The number of aryl methyl sites for hydroxylation is 1. The number of aromatic amines is 1. The average Bonchev–Trinajstić information content (AvgIpc) is 3.34. The molecule has 4 aromatic rings. The van der Waals surface area contributed by atoms with Crippen molar-refractivity contribution in [3.05, 3.63) is 140 Å². The van der Waals surface area contributed by atoms with Gasteiger partial charge in [-0.15, -0.1) is 0 Å². The summed E-state index contributed by atoms with van der Waals surface area (Å²) in [6.45, 7) is 1.08. The second-order valence-electron chi connectivity index (χ2n) is 9.48. The van der Waals surface area contributed by atoms with Crippen LogP contribution in [0.3, 0.4) is 0 Å². The molecule has 11 nitrogen and oxygen atoms in total. The van der Waals surface area contributed by atoms with Gasteiger partial charge in [-0.2, -0.15) is 0 Å². The standard InChI is InChI=1S/C31H26N2O9/c1-19-17-33(31(38)32-26(19)34)27-25(42-30(37)22-15-9-4-10-16-22)24(41-29(36)21-13-7-3-8-14-21)23(40-27)18-39-28(35)20-11-5-2-6-12-20/h2-17,23-25,27H,18H2,1H3,(H,32,34,38)/t23-,24-,25-,27-/m1/s1/i27+2. The molecule has 1 aromatic heterocycles. The smallest absolute Gasteiger partial charge is 0.338 e. The number of benzene rings is 3. The number of hydrogen-bond acceptors (Lipinski definition) is 9. The fraction of sp³-hybridized carbons (Fsp3) is 0.194. The molecule has 0 spiro atoms.